The number of benzene rings is 1. The number of nitrogens with zero attached hydrogens (tertiary/aromatic N) is 1. The van der Waals surface area contributed by atoms with E-state index in [2.05, 4.69) is 4.74 Å². The lowest BCUT2D eigenvalue weighted by Crippen LogP contribution is -2.12. The van der Waals surface area contributed by atoms with Crippen LogP contribution in [0.1, 0.15) is 21.5 Å². The lowest BCUT2D eigenvalue weighted by atomic mass is 10.0. The summed E-state index contributed by atoms with van der Waals surface area (Å²) < 4.78 is 41.9. The Hall–Kier alpha value is -2.12. The van der Waals surface area contributed by atoms with Crippen molar-refractivity contribution in [3.63, 3.8) is 0 Å². The second-order valence-corrected chi connectivity index (χ2v) is 3.41. The molecule has 1 aromatic carbocycles. The van der Waals surface area contributed by atoms with Crippen LogP contribution in [0.15, 0.2) is 12.1 Å². The fourth-order valence-electron chi connectivity index (χ4n) is 1.37. The zero-order valence-electron chi connectivity index (χ0n) is 9.37. The maximum Gasteiger partial charge on any atom is 0.416 e. The summed E-state index contributed by atoms with van der Waals surface area (Å²) in [7, 11) is 0.980. The van der Waals surface area contributed by atoms with Gasteiger partial charge in [-0.25, -0.2) is 4.79 Å². The highest BCUT2D eigenvalue weighted by atomic mass is 19.4. The van der Waals surface area contributed by atoms with E-state index in [1.54, 1.807) is 0 Å². The van der Waals surface area contributed by atoms with E-state index < -0.39 is 33.9 Å². The minimum atomic E-state index is -4.78. The Kier molecular flexibility index (Phi) is 3.59. The SMILES string of the molecule is COC(=O)c1cc(C(F)(F)F)cc([N+](=O)[O-])c1C. The Morgan fingerprint density at radius 3 is 2.33 bits per heavy atom. The molecule has 0 heterocycles. The number of nitro benzene ring substituents is 1. The normalized spacial score (nSPS) is 11.2. The molecule has 0 bridgehead atoms. The van der Waals surface area contributed by atoms with Gasteiger partial charge in [0.2, 0.25) is 0 Å². The van der Waals surface area contributed by atoms with E-state index >= 15 is 0 Å². The van der Waals surface area contributed by atoms with Crippen molar-refractivity contribution in [2.24, 2.45) is 0 Å². The van der Waals surface area contributed by atoms with Gasteiger partial charge in [0.15, 0.2) is 0 Å². The molecule has 1 aromatic rings. The predicted octanol–water partition coefficient (Wildman–Crippen LogP) is 2.71. The van der Waals surface area contributed by atoms with Gasteiger partial charge in [-0.3, -0.25) is 10.1 Å². The fourth-order valence-corrected chi connectivity index (χ4v) is 1.37. The maximum atomic E-state index is 12.5. The van der Waals surface area contributed by atoms with E-state index in [4.69, 9.17) is 0 Å². The molecule has 0 unspecified atom stereocenters. The monoisotopic (exact) mass is 263 g/mol. The van der Waals surface area contributed by atoms with Gasteiger partial charge in [0.05, 0.1) is 23.2 Å². The molecule has 0 aliphatic rings. The number of nitro groups is 1. The van der Waals surface area contributed by atoms with E-state index in [0.717, 1.165) is 7.11 Å². The van der Waals surface area contributed by atoms with Gasteiger partial charge in [-0.2, -0.15) is 13.2 Å². The first kappa shape index (κ1) is 13.9. The van der Waals surface area contributed by atoms with Gasteiger partial charge in [0, 0.05) is 11.6 Å². The molecule has 8 heteroatoms. The molecular weight excluding hydrogens is 255 g/mol. The standard InChI is InChI=1S/C10H8F3NO4/c1-5-7(9(15)18-2)3-6(10(11,12)13)4-8(5)14(16)17/h3-4H,1-2H3. The number of halogens is 3. The first-order chi connectivity index (χ1) is 8.18. The third kappa shape index (κ3) is 2.58. The van der Waals surface area contributed by atoms with Crippen molar-refractivity contribution in [2.75, 3.05) is 7.11 Å². The highest BCUT2D eigenvalue weighted by molar-refractivity contribution is 5.92. The van der Waals surface area contributed by atoms with Crippen LogP contribution in [0.25, 0.3) is 0 Å². The van der Waals surface area contributed by atoms with Crippen molar-refractivity contribution < 1.29 is 27.6 Å². The van der Waals surface area contributed by atoms with Crippen LogP contribution < -0.4 is 0 Å². The Morgan fingerprint density at radius 2 is 1.94 bits per heavy atom. The number of hydrogen-bond acceptors (Lipinski definition) is 4. The van der Waals surface area contributed by atoms with Crippen LogP contribution >= 0.6 is 0 Å². The highest BCUT2D eigenvalue weighted by Crippen LogP contribution is 2.34. The first-order valence-electron chi connectivity index (χ1n) is 4.63. The molecule has 0 aliphatic carbocycles. The molecule has 5 nitrogen and oxygen atoms in total. The Labute approximate surface area is 99.3 Å². The molecule has 1 rings (SSSR count). The van der Waals surface area contributed by atoms with Crippen molar-refractivity contribution in [1.29, 1.82) is 0 Å². The molecule has 0 N–H and O–H groups in total. The fraction of sp³-hybridized carbons (Fsp3) is 0.300. The Balaban J connectivity index is 3.57. The number of esters is 1. The van der Waals surface area contributed by atoms with Gasteiger partial charge in [-0.15, -0.1) is 0 Å². The van der Waals surface area contributed by atoms with Crippen molar-refractivity contribution >= 4 is 11.7 Å². The molecule has 0 radical (unpaired) electrons. The summed E-state index contributed by atoms with van der Waals surface area (Å²) in [5.41, 5.74) is -2.68. The van der Waals surface area contributed by atoms with Crippen LogP contribution in [0.3, 0.4) is 0 Å². The average Bonchev–Trinajstić information content (AvgIpc) is 2.26. The summed E-state index contributed by atoms with van der Waals surface area (Å²) in [4.78, 5) is 21.0. The van der Waals surface area contributed by atoms with Gasteiger partial charge in [-0.05, 0) is 13.0 Å². The summed E-state index contributed by atoms with van der Waals surface area (Å²) in [6.07, 6.45) is -4.78. The van der Waals surface area contributed by atoms with E-state index in [1.807, 2.05) is 0 Å². The van der Waals surface area contributed by atoms with Crippen LogP contribution in [0.4, 0.5) is 18.9 Å². The van der Waals surface area contributed by atoms with E-state index in [0.29, 0.717) is 12.1 Å². The molecule has 0 saturated carbocycles. The molecule has 0 aromatic heterocycles. The molecule has 0 fully saturated rings. The van der Waals surface area contributed by atoms with E-state index in [1.165, 1.54) is 6.92 Å². The molecule has 0 saturated heterocycles. The lowest BCUT2D eigenvalue weighted by molar-refractivity contribution is -0.385. The van der Waals surface area contributed by atoms with Crippen LogP contribution in [0, 0.1) is 17.0 Å². The summed E-state index contributed by atoms with van der Waals surface area (Å²) >= 11 is 0. The van der Waals surface area contributed by atoms with Crippen molar-refractivity contribution in [3.8, 4) is 0 Å². The van der Waals surface area contributed by atoms with Gasteiger partial charge in [0.25, 0.3) is 5.69 Å². The second-order valence-electron chi connectivity index (χ2n) is 3.41. The van der Waals surface area contributed by atoms with Gasteiger partial charge in [-0.1, -0.05) is 0 Å². The van der Waals surface area contributed by atoms with E-state index in [9.17, 15) is 28.1 Å². The molecule has 0 atom stereocenters. The zero-order valence-corrected chi connectivity index (χ0v) is 9.37. The molecule has 0 aliphatic heterocycles. The molecule has 0 spiro atoms. The number of carbonyl (C=O) groups is 1. The molecule has 98 valence electrons. The summed E-state index contributed by atoms with van der Waals surface area (Å²) in [6, 6.07) is 0.927. The zero-order chi connectivity index (χ0) is 14.1. The highest BCUT2D eigenvalue weighted by Gasteiger charge is 2.35. The Bertz CT molecular complexity index is 511. The average molecular weight is 263 g/mol. The Morgan fingerprint density at radius 1 is 1.39 bits per heavy atom. The predicted molar refractivity (Wildman–Crippen MR) is 54.2 cm³/mol. The number of hydrogen-bond donors (Lipinski definition) is 0. The minimum Gasteiger partial charge on any atom is -0.465 e. The second kappa shape index (κ2) is 4.63. The van der Waals surface area contributed by atoms with Gasteiger partial charge in [0.1, 0.15) is 0 Å². The number of ether oxygens (including phenoxy) is 1. The molecule has 0 amide bonds. The third-order valence-electron chi connectivity index (χ3n) is 2.31. The van der Waals surface area contributed by atoms with Crippen LogP contribution in [-0.2, 0) is 10.9 Å². The quantitative estimate of drug-likeness (QED) is 0.467. The third-order valence-corrected chi connectivity index (χ3v) is 2.31. The topological polar surface area (TPSA) is 69.4 Å². The van der Waals surface area contributed by atoms with E-state index in [-0.39, 0.29) is 5.56 Å². The minimum absolute atomic E-state index is 0.167. The summed E-state index contributed by atoms with van der Waals surface area (Å²) in [5.74, 6) is -1.05. The molecular formula is C10H8F3NO4. The van der Waals surface area contributed by atoms with Gasteiger partial charge < -0.3 is 4.74 Å². The van der Waals surface area contributed by atoms with Crippen molar-refractivity contribution in [3.05, 3.63) is 38.9 Å². The van der Waals surface area contributed by atoms with Crippen LogP contribution in [0.2, 0.25) is 0 Å². The van der Waals surface area contributed by atoms with Crippen molar-refractivity contribution in [2.45, 2.75) is 13.1 Å². The largest absolute Gasteiger partial charge is 0.465 e. The summed E-state index contributed by atoms with van der Waals surface area (Å²) in [6.45, 7) is 1.19. The van der Waals surface area contributed by atoms with Crippen LogP contribution in [0.5, 0.6) is 0 Å². The number of carbonyl (C=O) groups excluding carboxylic acids is 1. The maximum absolute atomic E-state index is 12.5. The first-order valence-corrected chi connectivity index (χ1v) is 4.63. The molecule has 18 heavy (non-hydrogen) atoms. The van der Waals surface area contributed by atoms with Crippen LogP contribution in [-0.4, -0.2) is 18.0 Å². The smallest absolute Gasteiger partial charge is 0.416 e. The lowest BCUT2D eigenvalue weighted by Gasteiger charge is -2.10. The summed E-state index contributed by atoms with van der Waals surface area (Å²) in [5, 5.41) is 10.7. The number of alkyl halides is 3. The number of methoxy groups -OCH3 is 1. The van der Waals surface area contributed by atoms with Crippen molar-refractivity contribution in [1.82, 2.24) is 0 Å². The number of rotatable bonds is 2. The van der Waals surface area contributed by atoms with Gasteiger partial charge >= 0.3 is 12.1 Å².